The Labute approximate surface area is 107 Å². The summed E-state index contributed by atoms with van der Waals surface area (Å²) in [7, 11) is 1.39. The summed E-state index contributed by atoms with van der Waals surface area (Å²) >= 11 is 0. The highest BCUT2D eigenvalue weighted by molar-refractivity contribution is 5.90. The molecule has 0 atom stereocenters. The third kappa shape index (κ3) is 2.91. The molecular weight excluding hydrogens is 232 g/mol. The van der Waals surface area contributed by atoms with Gasteiger partial charge in [0.05, 0.1) is 18.8 Å². The van der Waals surface area contributed by atoms with Crippen LogP contribution in [0.15, 0.2) is 12.3 Å². The molecule has 1 aliphatic rings. The molecular formula is C13H20N2O3. The van der Waals surface area contributed by atoms with Crippen molar-refractivity contribution in [2.24, 2.45) is 0 Å². The van der Waals surface area contributed by atoms with Gasteiger partial charge in [-0.25, -0.2) is 4.79 Å². The van der Waals surface area contributed by atoms with Crippen LogP contribution in [0.25, 0.3) is 0 Å². The van der Waals surface area contributed by atoms with Gasteiger partial charge in [-0.15, -0.1) is 0 Å². The second kappa shape index (κ2) is 6.02. The summed E-state index contributed by atoms with van der Waals surface area (Å²) in [6, 6.07) is 2.22. The van der Waals surface area contributed by atoms with Crippen molar-refractivity contribution in [3.63, 3.8) is 0 Å². The first-order valence-corrected chi connectivity index (χ1v) is 6.34. The van der Waals surface area contributed by atoms with Crippen LogP contribution >= 0.6 is 0 Å². The summed E-state index contributed by atoms with van der Waals surface area (Å²) in [6.45, 7) is 3.45. The molecule has 1 aromatic heterocycles. The highest BCUT2D eigenvalue weighted by atomic mass is 16.5. The van der Waals surface area contributed by atoms with Gasteiger partial charge in [-0.2, -0.15) is 0 Å². The number of rotatable bonds is 6. The number of methoxy groups -OCH3 is 1. The fourth-order valence-corrected chi connectivity index (χ4v) is 2.20. The van der Waals surface area contributed by atoms with E-state index in [-0.39, 0.29) is 5.97 Å². The van der Waals surface area contributed by atoms with E-state index in [1.54, 1.807) is 12.3 Å². The number of carbonyl (C=O) groups is 1. The average molecular weight is 252 g/mol. The first-order chi connectivity index (χ1) is 8.74. The van der Waals surface area contributed by atoms with Crippen LogP contribution < -0.4 is 5.32 Å². The lowest BCUT2D eigenvalue weighted by Gasteiger charge is -2.35. The van der Waals surface area contributed by atoms with Crippen LogP contribution in [0.3, 0.4) is 0 Å². The summed E-state index contributed by atoms with van der Waals surface area (Å²) in [5.41, 5.74) is 1.48. The minimum Gasteiger partial charge on any atom is -0.465 e. The third-order valence-electron chi connectivity index (χ3n) is 3.30. The van der Waals surface area contributed by atoms with Gasteiger partial charge in [0.1, 0.15) is 0 Å². The summed E-state index contributed by atoms with van der Waals surface area (Å²) in [6.07, 6.45) is 4.24. The molecule has 1 saturated carbocycles. The van der Waals surface area contributed by atoms with Gasteiger partial charge in [0.2, 0.25) is 0 Å². The van der Waals surface area contributed by atoms with E-state index in [1.807, 2.05) is 6.92 Å². The van der Waals surface area contributed by atoms with E-state index in [2.05, 4.69) is 10.3 Å². The largest absolute Gasteiger partial charge is 0.465 e. The maximum atomic E-state index is 11.5. The van der Waals surface area contributed by atoms with Gasteiger partial charge in [-0.3, -0.25) is 0 Å². The molecule has 1 fully saturated rings. The first kappa shape index (κ1) is 13.1. The van der Waals surface area contributed by atoms with Crippen molar-refractivity contribution in [2.75, 3.05) is 13.7 Å². The standard InChI is InChI=1S/C13H20N2O3/c1-3-18-10-6-9(7-10)15-8-12-11(4-5-14-12)13(16)17-2/h4-5,9-10,14-15H,3,6-8H2,1-2H3. The summed E-state index contributed by atoms with van der Waals surface area (Å²) < 4.78 is 10.2. The second-order valence-electron chi connectivity index (χ2n) is 4.49. The highest BCUT2D eigenvalue weighted by Crippen LogP contribution is 2.23. The lowest BCUT2D eigenvalue weighted by atomic mass is 9.89. The van der Waals surface area contributed by atoms with Crippen molar-refractivity contribution in [3.8, 4) is 0 Å². The quantitative estimate of drug-likeness (QED) is 0.752. The molecule has 0 unspecified atom stereocenters. The zero-order valence-corrected chi connectivity index (χ0v) is 10.9. The van der Waals surface area contributed by atoms with Crippen LogP contribution in [0.4, 0.5) is 0 Å². The maximum absolute atomic E-state index is 11.5. The molecule has 2 rings (SSSR count). The van der Waals surface area contributed by atoms with Crippen molar-refractivity contribution < 1.29 is 14.3 Å². The van der Waals surface area contributed by atoms with Crippen molar-refractivity contribution in [3.05, 3.63) is 23.5 Å². The van der Waals surface area contributed by atoms with Gasteiger partial charge in [0, 0.05) is 31.1 Å². The number of ether oxygens (including phenoxy) is 2. The van der Waals surface area contributed by atoms with Crippen LogP contribution in [0.5, 0.6) is 0 Å². The van der Waals surface area contributed by atoms with E-state index in [4.69, 9.17) is 9.47 Å². The van der Waals surface area contributed by atoms with Crippen LogP contribution in [0, 0.1) is 0 Å². The fraction of sp³-hybridized carbons (Fsp3) is 0.615. The molecule has 1 aliphatic carbocycles. The number of aromatic nitrogens is 1. The summed E-state index contributed by atoms with van der Waals surface area (Å²) in [5, 5.41) is 3.41. The molecule has 0 spiro atoms. The minimum absolute atomic E-state index is 0.297. The smallest absolute Gasteiger partial charge is 0.339 e. The van der Waals surface area contributed by atoms with Gasteiger partial charge in [0.25, 0.3) is 0 Å². The van der Waals surface area contributed by atoms with Crippen molar-refractivity contribution in [2.45, 2.75) is 38.5 Å². The molecule has 5 nitrogen and oxygen atoms in total. The Morgan fingerprint density at radius 3 is 3.00 bits per heavy atom. The monoisotopic (exact) mass is 252 g/mol. The minimum atomic E-state index is -0.297. The highest BCUT2D eigenvalue weighted by Gasteiger charge is 2.29. The lowest BCUT2D eigenvalue weighted by Crippen LogP contribution is -2.45. The van der Waals surface area contributed by atoms with E-state index in [9.17, 15) is 4.79 Å². The van der Waals surface area contributed by atoms with E-state index in [0.717, 1.165) is 25.1 Å². The summed E-state index contributed by atoms with van der Waals surface area (Å²) in [5.74, 6) is -0.297. The van der Waals surface area contributed by atoms with Crippen molar-refractivity contribution >= 4 is 5.97 Å². The molecule has 1 heterocycles. The predicted octanol–water partition coefficient (Wildman–Crippen LogP) is 1.46. The molecule has 0 aliphatic heterocycles. The van der Waals surface area contributed by atoms with Gasteiger partial charge in [0.15, 0.2) is 0 Å². The number of hydrogen-bond donors (Lipinski definition) is 2. The van der Waals surface area contributed by atoms with Gasteiger partial charge >= 0.3 is 5.97 Å². The van der Waals surface area contributed by atoms with E-state index in [1.165, 1.54) is 7.11 Å². The number of nitrogens with one attached hydrogen (secondary N) is 2. The lowest BCUT2D eigenvalue weighted by molar-refractivity contribution is -0.0103. The Kier molecular flexibility index (Phi) is 4.38. The van der Waals surface area contributed by atoms with Crippen LogP contribution in [0.1, 0.15) is 35.8 Å². The molecule has 0 aromatic carbocycles. The molecule has 0 saturated heterocycles. The zero-order chi connectivity index (χ0) is 13.0. The Balaban J connectivity index is 1.78. The third-order valence-corrected chi connectivity index (χ3v) is 3.30. The average Bonchev–Trinajstić information content (AvgIpc) is 2.79. The number of H-pyrrole nitrogens is 1. The van der Waals surface area contributed by atoms with Crippen LogP contribution in [-0.2, 0) is 16.0 Å². The van der Waals surface area contributed by atoms with Crippen LogP contribution in [-0.4, -0.2) is 36.8 Å². The number of esters is 1. The molecule has 5 heteroatoms. The molecule has 0 radical (unpaired) electrons. The van der Waals surface area contributed by atoms with Crippen molar-refractivity contribution in [1.29, 1.82) is 0 Å². The molecule has 2 N–H and O–H groups in total. The maximum Gasteiger partial charge on any atom is 0.339 e. The Bertz CT molecular complexity index is 397. The molecule has 100 valence electrons. The Morgan fingerprint density at radius 2 is 2.33 bits per heavy atom. The predicted molar refractivity (Wildman–Crippen MR) is 67.4 cm³/mol. The fourth-order valence-electron chi connectivity index (χ4n) is 2.20. The number of hydrogen-bond acceptors (Lipinski definition) is 4. The Hall–Kier alpha value is -1.33. The zero-order valence-electron chi connectivity index (χ0n) is 10.9. The van der Waals surface area contributed by atoms with E-state index >= 15 is 0 Å². The molecule has 0 bridgehead atoms. The number of carbonyl (C=O) groups excluding carboxylic acids is 1. The van der Waals surface area contributed by atoms with Gasteiger partial charge < -0.3 is 19.8 Å². The first-order valence-electron chi connectivity index (χ1n) is 6.34. The molecule has 18 heavy (non-hydrogen) atoms. The topological polar surface area (TPSA) is 63.3 Å². The molecule has 0 amide bonds. The molecule has 1 aromatic rings. The normalized spacial score (nSPS) is 22.6. The van der Waals surface area contributed by atoms with E-state index < -0.39 is 0 Å². The van der Waals surface area contributed by atoms with Crippen LogP contribution in [0.2, 0.25) is 0 Å². The van der Waals surface area contributed by atoms with Gasteiger partial charge in [-0.05, 0) is 25.8 Å². The summed E-state index contributed by atoms with van der Waals surface area (Å²) in [4.78, 5) is 14.5. The second-order valence-corrected chi connectivity index (χ2v) is 4.49. The van der Waals surface area contributed by atoms with E-state index in [0.29, 0.717) is 24.3 Å². The SMILES string of the molecule is CCOC1CC(NCc2[nH]ccc2C(=O)OC)C1. The van der Waals surface area contributed by atoms with Gasteiger partial charge in [-0.1, -0.05) is 0 Å². The Morgan fingerprint density at radius 1 is 1.56 bits per heavy atom. The number of aromatic amines is 1. The van der Waals surface area contributed by atoms with Crippen molar-refractivity contribution in [1.82, 2.24) is 10.3 Å².